The molecule has 0 heterocycles. The Morgan fingerprint density at radius 1 is 0.508 bits per heavy atom. The molecule has 0 radical (unpaired) electrons. The lowest BCUT2D eigenvalue weighted by atomic mass is 10.0. The van der Waals surface area contributed by atoms with Gasteiger partial charge in [0.2, 0.25) is 5.91 Å². The molecule has 0 rings (SSSR count). The van der Waals surface area contributed by atoms with E-state index in [-0.39, 0.29) is 19.1 Å². The van der Waals surface area contributed by atoms with Crippen molar-refractivity contribution in [1.29, 1.82) is 0 Å². The summed E-state index contributed by atoms with van der Waals surface area (Å²) in [5.41, 5.74) is 0. The first-order valence-corrected chi connectivity index (χ1v) is 29.0. The number of aliphatic hydroxyl groups excluding tert-OH is 1. The quantitative estimate of drug-likeness (QED) is 0.0243. The van der Waals surface area contributed by atoms with Gasteiger partial charge in [0.25, 0.3) is 0 Å². The lowest BCUT2D eigenvalue weighted by Gasteiger charge is -2.25. The van der Waals surface area contributed by atoms with Crippen molar-refractivity contribution in [2.24, 2.45) is 0 Å². The molecular weight excluding hydrogens is 828 g/mol. The topological polar surface area (TPSA) is 105 Å². The molecule has 0 saturated heterocycles. The number of likely N-dealkylation sites (N-methyl/N-ethyl adjacent to an activating group) is 1. The summed E-state index contributed by atoms with van der Waals surface area (Å²) >= 11 is 0. The van der Waals surface area contributed by atoms with Crippen LogP contribution in [0.15, 0.2) is 48.6 Å². The molecule has 0 bridgehead atoms. The zero-order valence-corrected chi connectivity index (χ0v) is 44.4. The number of carbonyl (C=O) groups excluding carboxylic acids is 1. The van der Waals surface area contributed by atoms with Crippen molar-refractivity contribution < 1.29 is 32.9 Å². The van der Waals surface area contributed by atoms with Gasteiger partial charge in [0.15, 0.2) is 0 Å². The molecule has 0 saturated carbocycles. The molecule has 0 aliphatic rings. The number of phosphoric ester groups is 1. The molecule has 0 fully saturated rings. The van der Waals surface area contributed by atoms with E-state index in [1.165, 1.54) is 186 Å². The maximum absolute atomic E-state index is 12.9. The molecule has 1 amide bonds. The van der Waals surface area contributed by atoms with Crippen LogP contribution in [0, 0.1) is 0 Å². The molecule has 65 heavy (non-hydrogen) atoms. The summed E-state index contributed by atoms with van der Waals surface area (Å²) in [6.07, 6.45) is 62.1. The number of nitrogens with zero attached hydrogens (tertiary/aromatic N) is 1. The van der Waals surface area contributed by atoms with Gasteiger partial charge in [0.1, 0.15) is 13.2 Å². The van der Waals surface area contributed by atoms with E-state index in [2.05, 4.69) is 55.6 Å². The first-order chi connectivity index (χ1) is 31.5. The van der Waals surface area contributed by atoms with Crippen molar-refractivity contribution in [3.05, 3.63) is 48.6 Å². The van der Waals surface area contributed by atoms with Crippen molar-refractivity contribution in [3.63, 3.8) is 0 Å². The summed E-state index contributed by atoms with van der Waals surface area (Å²) in [6, 6.07) is -0.873. The zero-order chi connectivity index (χ0) is 47.8. The Morgan fingerprint density at radius 2 is 0.846 bits per heavy atom. The Balaban J connectivity index is 4.34. The lowest BCUT2D eigenvalue weighted by Crippen LogP contribution is -2.45. The van der Waals surface area contributed by atoms with Gasteiger partial charge >= 0.3 is 7.82 Å². The van der Waals surface area contributed by atoms with Gasteiger partial charge in [0, 0.05) is 6.42 Å². The van der Waals surface area contributed by atoms with E-state index in [4.69, 9.17) is 9.05 Å². The minimum atomic E-state index is -4.36. The molecule has 0 aliphatic heterocycles. The van der Waals surface area contributed by atoms with Gasteiger partial charge in [-0.25, -0.2) is 4.57 Å². The average molecular weight is 936 g/mol. The van der Waals surface area contributed by atoms with E-state index in [9.17, 15) is 19.4 Å². The van der Waals surface area contributed by atoms with E-state index in [1.807, 2.05) is 27.2 Å². The Morgan fingerprint density at radius 3 is 1.23 bits per heavy atom. The van der Waals surface area contributed by atoms with Crippen molar-refractivity contribution in [3.8, 4) is 0 Å². The number of nitrogens with one attached hydrogen (secondary N) is 1. The highest BCUT2D eigenvalue weighted by atomic mass is 31.2. The minimum Gasteiger partial charge on any atom is -0.387 e. The number of amides is 1. The molecule has 3 N–H and O–H groups in total. The average Bonchev–Trinajstić information content (AvgIpc) is 3.26. The fourth-order valence-electron chi connectivity index (χ4n) is 7.89. The number of rotatable bonds is 50. The van der Waals surface area contributed by atoms with E-state index in [0.29, 0.717) is 17.4 Å². The van der Waals surface area contributed by atoms with Crippen molar-refractivity contribution in [1.82, 2.24) is 5.32 Å². The Kier molecular flexibility index (Phi) is 46.4. The number of allylic oxidation sites excluding steroid dienone is 7. The number of hydrogen-bond donors (Lipinski definition) is 3. The number of quaternary nitrogens is 1. The molecule has 0 aromatic rings. The highest BCUT2D eigenvalue weighted by molar-refractivity contribution is 7.47. The van der Waals surface area contributed by atoms with Gasteiger partial charge in [-0.15, -0.1) is 0 Å². The molecule has 382 valence electrons. The largest absolute Gasteiger partial charge is 0.472 e. The van der Waals surface area contributed by atoms with Crippen molar-refractivity contribution >= 4 is 13.7 Å². The van der Waals surface area contributed by atoms with Crippen molar-refractivity contribution in [2.75, 3.05) is 40.9 Å². The lowest BCUT2D eigenvalue weighted by molar-refractivity contribution is -0.870. The second-order valence-electron chi connectivity index (χ2n) is 19.9. The van der Waals surface area contributed by atoms with Crippen LogP contribution in [0.2, 0.25) is 0 Å². The van der Waals surface area contributed by atoms with Gasteiger partial charge in [-0.05, 0) is 70.6 Å². The highest BCUT2D eigenvalue weighted by Crippen LogP contribution is 2.43. The second kappa shape index (κ2) is 47.5. The number of aliphatic hydroxyl groups is 1. The van der Waals surface area contributed by atoms with Crippen LogP contribution < -0.4 is 5.32 Å². The van der Waals surface area contributed by atoms with E-state index in [0.717, 1.165) is 44.9 Å². The molecule has 0 spiro atoms. The second-order valence-corrected chi connectivity index (χ2v) is 21.4. The van der Waals surface area contributed by atoms with Crippen LogP contribution in [-0.4, -0.2) is 73.4 Å². The third-order valence-electron chi connectivity index (χ3n) is 12.2. The summed E-state index contributed by atoms with van der Waals surface area (Å²) < 4.78 is 23.7. The standard InChI is InChI=1S/C56H107N2O6P/c1-6-8-10-12-14-16-18-20-22-24-26-28-30-31-33-35-37-39-41-43-45-47-49-55(59)54(53-64-65(61,62)63-52-51-58(3,4)5)57-56(60)50-48-46-44-42-40-38-36-34-32-29-27-25-23-21-19-17-15-13-11-9-7-2/h29,31-33,39,41,47,49,54-55,59H,6-28,30,34-38,40,42-46,48,50-53H2,1-5H3,(H-,57,60,61,62)/p+1/b32-29-,33-31+,41-39+,49-47+. The normalized spacial score (nSPS) is 14.4. The summed E-state index contributed by atoms with van der Waals surface area (Å²) in [4.78, 5) is 23.3. The molecular formula is C56H108N2O6P+. The Hall–Kier alpha value is -1.54. The first kappa shape index (κ1) is 63.5. The van der Waals surface area contributed by atoms with Gasteiger partial charge in [-0.1, -0.05) is 223 Å². The Labute approximate surface area is 403 Å². The van der Waals surface area contributed by atoms with Gasteiger partial charge in [0.05, 0.1) is 39.9 Å². The number of phosphoric acid groups is 1. The van der Waals surface area contributed by atoms with Crippen LogP contribution in [0.3, 0.4) is 0 Å². The first-order valence-electron chi connectivity index (χ1n) is 27.5. The maximum Gasteiger partial charge on any atom is 0.472 e. The third-order valence-corrected chi connectivity index (χ3v) is 13.2. The number of hydrogen-bond acceptors (Lipinski definition) is 5. The summed E-state index contributed by atoms with van der Waals surface area (Å²) in [6.45, 7) is 4.80. The molecule has 3 unspecified atom stereocenters. The Bertz CT molecular complexity index is 1200. The fourth-order valence-corrected chi connectivity index (χ4v) is 8.63. The van der Waals surface area contributed by atoms with Crippen molar-refractivity contribution in [2.45, 2.75) is 264 Å². The molecule has 0 aliphatic carbocycles. The maximum atomic E-state index is 12.9. The fraction of sp³-hybridized carbons (Fsp3) is 0.839. The predicted octanol–water partition coefficient (Wildman–Crippen LogP) is 16.4. The third kappa shape index (κ3) is 50.2. The van der Waals surface area contributed by atoms with Crippen LogP contribution >= 0.6 is 7.82 Å². The summed E-state index contributed by atoms with van der Waals surface area (Å²) in [5, 5.41) is 13.9. The van der Waals surface area contributed by atoms with Gasteiger partial charge < -0.3 is 19.8 Å². The minimum absolute atomic E-state index is 0.0521. The summed E-state index contributed by atoms with van der Waals surface area (Å²) in [5.74, 6) is -0.194. The molecule has 3 atom stereocenters. The molecule has 0 aromatic heterocycles. The molecule has 0 aromatic carbocycles. The molecule has 8 nitrogen and oxygen atoms in total. The van der Waals surface area contributed by atoms with Crippen LogP contribution in [0.1, 0.15) is 251 Å². The highest BCUT2D eigenvalue weighted by Gasteiger charge is 2.27. The summed E-state index contributed by atoms with van der Waals surface area (Å²) in [7, 11) is 1.55. The van der Waals surface area contributed by atoms with E-state index < -0.39 is 20.0 Å². The van der Waals surface area contributed by atoms with Crippen LogP contribution in [0.5, 0.6) is 0 Å². The smallest absolute Gasteiger partial charge is 0.387 e. The van der Waals surface area contributed by atoms with E-state index in [1.54, 1.807) is 6.08 Å². The van der Waals surface area contributed by atoms with Gasteiger partial charge in [-0.3, -0.25) is 13.8 Å². The number of carbonyl (C=O) groups is 1. The molecule has 9 heteroatoms. The van der Waals surface area contributed by atoms with Gasteiger partial charge in [-0.2, -0.15) is 0 Å². The monoisotopic (exact) mass is 936 g/mol. The number of unbranched alkanes of at least 4 members (excludes halogenated alkanes) is 31. The predicted molar refractivity (Wildman–Crippen MR) is 281 cm³/mol. The SMILES string of the molecule is CCCCCCCCCCCC/C=C\CCCCCCCCCC(=O)NC(COP(=O)(O)OCC[N+](C)(C)C)C(O)/C=C/CC/C=C/CC/C=C/CCCCCCCCCCCCCC. The van der Waals surface area contributed by atoms with Crippen LogP contribution in [0.25, 0.3) is 0 Å². The van der Waals surface area contributed by atoms with Crippen LogP contribution in [-0.2, 0) is 18.4 Å². The van der Waals surface area contributed by atoms with E-state index >= 15 is 0 Å². The zero-order valence-electron chi connectivity index (χ0n) is 43.5. The van der Waals surface area contributed by atoms with Crippen LogP contribution in [0.4, 0.5) is 0 Å².